The van der Waals surface area contributed by atoms with Crippen molar-refractivity contribution in [2.45, 2.75) is 18.9 Å². The first kappa shape index (κ1) is 16.5. The summed E-state index contributed by atoms with van der Waals surface area (Å²) in [7, 11) is 1.87. The molecule has 1 atom stereocenters. The highest BCUT2D eigenvalue weighted by atomic mass is 16.2. The molecule has 0 aliphatic carbocycles. The van der Waals surface area contributed by atoms with Gasteiger partial charge in [-0.15, -0.1) is 0 Å². The predicted octanol–water partition coefficient (Wildman–Crippen LogP) is 3.37. The van der Waals surface area contributed by atoms with Crippen LogP contribution in [-0.4, -0.2) is 47.0 Å². The molecule has 0 N–H and O–H groups in total. The molecule has 2 heterocycles. The second kappa shape index (κ2) is 7.12. The van der Waals surface area contributed by atoms with Crippen LogP contribution in [0.5, 0.6) is 0 Å². The van der Waals surface area contributed by atoms with Gasteiger partial charge in [-0.05, 0) is 37.1 Å². The number of para-hydroxylation sites is 3. The molecule has 5 nitrogen and oxygen atoms in total. The SMILES string of the molecule is CN(C(=O)c1cnc2ccccc2n1)[C@H]1CCCN(c2ccccc2)C1. The minimum absolute atomic E-state index is 0.0665. The number of carbonyl (C=O) groups excluding carboxylic acids is 1. The fourth-order valence-corrected chi connectivity index (χ4v) is 3.55. The van der Waals surface area contributed by atoms with E-state index >= 15 is 0 Å². The number of hydrogen-bond donors (Lipinski definition) is 0. The normalized spacial score (nSPS) is 17.3. The van der Waals surface area contributed by atoms with E-state index in [4.69, 9.17) is 0 Å². The first-order valence-corrected chi connectivity index (χ1v) is 9.01. The lowest BCUT2D eigenvalue weighted by Gasteiger charge is -2.38. The Morgan fingerprint density at radius 3 is 2.62 bits per heavy atom. The Morgan fingerprint density at radius 2 is 1.81 bits per heavy atom. The van der Waals surface area contributed by atoms with Crippen molar-refractivity contribution >= 4 is 22.6 Å². The lowest BCUT2D eigenvalue weighted by molar-refractivity contribution is 0.0711. The summed E-state index contributed by atoms with van der Waals surface area (Å²) in [5.74, 6) is -0.0665. The number of likely N-dealkylation sites (N-methyl/N-ethyl adjacent to an activating group) is 1. The summed E-state index contributed by atoms with van der Waals surface area (Å²) in [6.07, 6.45) is 3.66. The Balaban J connectivity index is 1.52. The molecule has 4 rings (SSSR count). The van der Waals surface area contributed by atoms with E-state index in [0.717, 1.165) is 37.0 Å². The molecule has 0 unspecified atom stereocenters. The summed E-state index contributed by atoms with van der Waals surface area (Å²) in [6.45, 7) is 1.87. The second-order valence-corrected chi connectivity index (χ2v) is 6.74. The molecule has 1 amide bonds. The molecule has 1 aromatic heterocycles. The average molecular weight is 346 g/mol. The minimum Gasteiger partial charge on any atom is -0.369 e. The molecule has 0 saturated carbocycles. The van der Waals surface area contributed by atoms with E-state index in [1.165, 1.54) is 5.69 Å². The topological polar surface area (TPSA) is 49.3 Å². The molecule has 1 aliphatic heterocycles. The minimum atomic E-state index is -0.0665. The van der Waals surface area contributed by atoms with Gasteiger partial charge in [0.25, 0.3) is 5.91 Å². The molecule has 26 heavy (non-hydrogen) atoms. The van der Waals surface area contributed by atoms with E-state index in [0.29, 0.717) is 5.69 Å². The van der Waals surface area contributed by atoms with Gasteiger partial charge in [0.2, 0.25) is 0 Å². The fourth-order valence-electron chi connectivity index (χ4n) is 3.55. The van der Waals surface area contributed by atoms with Crippen LogP contribution in [0.2, 0.25) is 0 Å². The Bertz CT molecular complexity index is 912. The first-order valence-electron chi connectivity index (χ1n) is 9.01. The van der Waals surface area contributed by atoms with Crippen molar-refractivity contribution in [3.05, 3.63) is 66.5 Å². The highest BCUT2D eigenvalue weighted by molar-refractivity contribution is 5.93. The molecule has 0 spiro atoms. The van der Waals surface area contributed by atoms with Gasteiger partial charge in [-0.1, -0.05) is 30.3 Å². The van der Waals surface area contributed by atoms with Crippen molar-refractivity contribution in [2.24, 2.45) is 0 Å². The number of piperidine rings is 1. The predicted molar refractivity (Wildman–Crippen MR) is 103 cm³/mol. The summed E-state index contributed by atoms with van der Waals surface area (Å²) in [4.78, 5) is 26.0. The summed E-state index contributed by atoms with van der Waals surface area (Å²) in [6, 6.07) is 18.2. The maximum atomic E-state index is 12.9. The summed E-state index contributed by atoms with van der Waals surface area (Å²) >= 11 is 0. The molecule has 0 radical (unpaired) electrons. The third-order valence-corrected chi connectivity index (χ3v) is 5.05. The zero-order chi connectivity index (χ0) is 17.9. The Labute approximate surface area is 153 Å². The van der Waals surface area contributed by atoms with Gasteiger partial charge < -0.3 is 9.80 Å². The van der Waals surface area contributed by atoms with Crippen LogP contribution < -0.4 is 4.90 Å². The highest BCUT2D eigenvalue weighted by Gasteiger charge is 2.27. The fraction of sp³-hybridized carbons (Fsp3) is 0.286. The van der Waals surface area contributed by atoms with E-state index in [9.17, 15) is 4.79 Å². The van der Waals surface area contributed by atoms with Gasteiger partial charge in [0.15, 0.2) is 0 Å². The summed E-state index contributed by atoms with van der Waals surface area (Å²) in [5, 5.41) is 0. The zero-order valence-corrected chi connectivity index (χ0v) is 14.9. The number of anilines is 1. The number of rotatable bonds is 3. The van der Waals surface area contributed by atoms with Gasteiger partial charge in [-0.2, -0.15) is 0 Å². The Hall–Kier alpha value is -2.95. The number of benzene rings is 2. The van der Waals surface area contributed by atoms with Crippen LogP contribution in [0.15, 0.2) is 60.8 Å². The van der Waals surface area contributed by atoms with E-state index in [1.807, 2.05) is 42.3 Å². The molecule has 2 aromatic carbocycles. The zero-order valence-electron chi connectivity index (χ0n) is 14.9. The van der Waals surface area contributed by atoms with Crippen LogP contribution in [0.3, 0.4) is 0 Å². The van der Waals surface area contributed by atoms with Crippen LogP contribution in [0.4, 0.5) is 5.69 Å². The van der Waals surface area contributed by atoms with E-state index < -0.39 is 0 Å². The number of carbonyl (C=O) groups is 1. The molecule has 132 valence electrons. The van der Waals surface area contributed by atoms with Crippen LogP contribution in [0.25, 0.3) is 11.0 Å². The van der Waals surface area contributed by atoms with Crippen molar-refractivity contribution in [1.82, 2.24) is 14.9 Å². The van der Waals surface area contributed by atoms with Crippen LogP contribution in [0, 0.1) is 0 Å². The van der Waals surface area contributed by atoms with Gasteiger partial charge in [0, 0.05) is 31.9 Å². The number of hydrogen-bond acceptors (Lipinski definition) is 4. The van der Waals surface area contributed by atoms with E-state index in [-0.39, 0.29) is 11.9 Å². The van der Waals surface area contributed by atoms with Crippen molar-refractivity contribution in [3.63, 3.8) is 0 Å². The lowest BCUT2D eigenvalue weighted by Crippen LogP contribution is -2.48. The van der Waals surface area contributed by atoms with Gasteiger partial charge in [0.1, 0.15) is 5.69 Å². The summed E-state index contributed by atoms with van der Waals surface area (Å²) in [5.41, 5.74) is 3.17. The number of amides is 1. The average Bonchev–Trinajstić information content (AvgIpc) is 2.73. The molecular weight excluding hydrogens is 324 g/mol. The standard InChI is InChI=1S/C21H22N4O/c1-24(17-10-7-13-25(15-17)16-8-3-2-4-9-16)21(26)20-14-22-18-11-5-6-12-19(18)23-20/h2-6,8-9,11-12,14,17H,7,10,13,15H2,1H3/t17-/m0/s1. The van der Waals surface area contributed by atoms with Crippen molar-refractivity contribution in [1.29, 1.82) is 0 Å². The molecule has 0 bridgehead atoms. The van der Waals surface area contributed by atoms with Crippen LogP contribution in [-0.2, 0) is 0 Å². The molecule has 1 fully saturated rings. The van der Waals surface area contributed by atoms with Crippen molar-refractivity contribution in [3.8, 4) is 0 Å². The third-order valence-electron chi connectivity index (χ3n) is 5.05. The molecular formula is C21H22N4O. The van der Waals surface area contributed by atoms with Crippen molar-refractivity contribution < 1.29 is 4.79 Å². The Morgan fingerprint density at radius 1 is 1.08 bits per heavy atom. The monoisotopic (exact) mass is 346 g/mol. The van der Waals surface area contributed by atoms with Gasteiger partial charge in [-0.25, -0.2) is 4.98 Å². The van der Waals surface area contributed by atoms with E-state index in [2.05, 4.69) is 39.1 Å². The molecule has 3 aromatic rings. The maximum Gasteiger partial charge on any atom is 0.274 e. The third kappa shape index (κ3) is 3.25. The van der Waals surface area contributed by atoms with Gasteiger partial charge >= 0.3 is 0 Å². The quantitative estimate of drug-likeness (QED) is 0.730. The molecule has 1 saturated heterocycles. The van der Waals surface area contributed by atoms with Gasteiger partial charge in [0.05, 0.1) is 17.2 Å². The van der Waals surface area contributed by atoms with Crippen molar-refractivity contribution in [2.75, 3.05) is 25.0 Å². The number of aromatic nitrogens is 2. The Kier molecular flexibility index (Phi) is 4.52. The lowest BCUT2D eigenvalue weighted by atomic mass is 10.0. The van der Waals surface area contributed by atoms with Crippen LogP contribution >= 0.6 is 0 Å². The maximum absolute atomic E-state index is 12.9. The summed E-state index contributed by atoms with van der Waals surface area (Å²) < 4.78 is 0. The first-order chi connectivity index (χ1) is 12.7. The molecule has 5 heteroatoms. The van der Waals surface area contributed by atoms with Crippen LogP contribution in [0.1, 0.15) is 23.3 Å². The smallest absolute Gasteiger partial charge is 0.274 e. The number of fused-ring (bicyclic) bond motifs is 1. The van der Waals surface area contributed by atoms with E-state index in [1.54, 1.807) is 6.20 Å². The highest BCUT2D eigenvalue weighted by Crippen LogP contribution is 2.22. The molecule has 1 aliphatic rings. The number of nitrogens with zero attached hydrogens (tertiary/aromatic N) is 4. The van der Waals surface area contributed by atoms with Gasteiger partial charge in [-0.3, -0.25) is 9.78 Å². The second-order valence-electron chi connectivity index (χ2n) is 6.74. The largest absolute Gasteiger partial charge is 0.369 e.